The summed E-state index contributed by atoms with van der Waals surface area (Å²) in [5.74, 6) is 0.249. The molecule has 3 aliphatic heterocycles. The molecule has 0 aromatic heterocycles. The molecule has 0 saturated carbocycles. The van der Waals surface area contributed by atoms with Gasteiger partial charge in [0.2, 0.25) is 10.0 Å². The van der Waals surface area contributed by atoms with E-state index in [2.05, 4.69) is 16.0 Å². The van der Waals surface area contributed by atoms with Crippen molar-refractivity contribution in [2.24, 2.45) is 5.92 Å². The zero-order chi connectivity index (χ0) is 25.2. The lowest BCUT2D eigenvalue weighted by Gasteiger charge is -2.46. The summed E-state index contributed by atoms with van der Waals surface area (Å²) < 4.78 is 85.0. The fourth-order valence-corrected chi connectivity index (χ4v) is 5.91. The van der Waals surface area contributed by atoms with Gasteiger partial charge in [0.05, 0.1) is 43.4 Å². The zero-order valence-electron chi connectivity index (χ0n) is 19.6. The van der Waals surface area contributed by atoms with E-state index in [0.29, 0.717) is 57.9 Å². The van der Waals surface area contributed by atoms with Gasteiger partial charge in [0.25, 0.3) is 0 Å². The third-order valence-electron chi connectivity index (χ3n) is 7.07. The van der Waals surface area contributed by atoms with Gasteiger partial charge in [-0.25, -0.2) is 17.1 Å². The quantitative estimate of drug-likeness (QED) is 0.487. The number of hydrogen-bond donors (Lipinski definition) is 3. The summed E-state index contributed by atoms with van der Waals surface area (Å²) in [5.41, 5.74) is -0.0769. The summed E-state index contributed by atoms with van der Waals surface area (Å²) in [4.78, 5) is 1.93. The molecule has 35 heavy (non-hydrogen) atoms. The van der Waals surface area contributed by atoms with Crippen molar-refractivity contribution in [2.75, 3.05) is 52.3 Å². The maximum absolute atomic E-state index is 15.7. The van der Waals surface area contributed by atoms with Gasteiger partial charge in [-0.1, -0.05) is 12.1 Å². The van der Waals surface area contributed by atoms with Gasteiger partial charge in [-0.2, -0.15) is 13.2 Å². The molecule has 3 heterocycles. The Morgan fingerprint density at radius 2 is 1.80 bits per heavy atom. The molecule has 0 bridgehead atoms. The van der Waals surface area contributed by atoms with Crippen LogP contribution < -0.4 is 16.0 Å². The fraction of sp³-hybridized carbons (Fsp3) is 0.727. The molecule has 8 nitrogen and oxygen atoms in total. The summed E-state index contributed by atoms with van der Waals surface area (Å²) in [5, 5.41) is 9.52. The van der Waals surface area contributed by atoms with E-state index in [1.165, 1.54) is 22.7 Å². The molecule has 0 radical (unpaired) electrons. The first-order valence-corrected chi connectivity index (χ1v) is 13.7. The molecule has 3 fully saturated rings. The largest absolute Gasteiger partial charge is 0.416 e. The Kier molecular flexibility index (Phi) is 8.36. The number of nitrogens with one attached hydrogen (secondary N) is 3. The number of nitrogens with zero attached hydrogens (tertiary/aromatic N) is 2. The lowest BCUT2D eigenvalue weighted by molar-refractivity contribution is -0.137. The summed E-state index contributed by atoms with van der Waals surface area (Å²) in [6.07, 6.45) is -4.35. The second-order valence-electron chi connectivity index (χ2n) is 9.41. The first kappa shape index (κ1) is 26.7. The molecule has 1 aromatic rings. The molecule has 13 heteroatoms. The van der Waals surface area contributed by atoms with Crippen LogP contribution in [0, 0.1) is 5.92 Å². The highest BCUT2D eigenvalue weighted by Crippen LogP contribution is 2.33. The van der Waals surface area contributed by atoms with Crippen molar-refractivity contribution in [3.8, 4) is 0 Å². The average Bonchev–Trinajstić information content (AvgIpc) is 2.83. The van der Waals surface area contributed by atoms with E-state index in [0.717, 1.165) is 12.1 Å². The van der Waals surface area contributed by atoms with Crippen LogP contribution in [0.5, 0.6) is 0 Å². The van der Waals surface area contributed by atoms with Crippen molar-refractivity contribution < 1.29 is 30.7 Å². The molecule has 3 aliphatic rings. The van der Waals surface area contributed by atoms with Crippen molar-refractivity contribution >= 4 is 10.0 Å². The number of benzene rings is 1. The van der Waals surface area contributed by atoms with E-state index in [9.17, 15) is 21.6 Å². The van der Waals surface area contributed by atoms with E-state index in [1.807, 2.05) is 4.90 Å². The second kappa shape index (κ2) is 11.0. The molecular weight excluding hydrogens is 490 g/mol. The van der Waals surface area contributed by atoms with Crippen LogP contribution in [0.4, 0.5) is 17.6 Å². The Bertz CT molecular complexity index is 941. The van der Waals surface area contributed by atoms with Gasteiger partial charge in [0.15, 0.2) is 6.17 Å². The topological polar surface area (TPSA) is 85.9 Å². The number of alkyl halides is 4. The smallest absolute Gasteiger partial charge is 0.378 e. The van der Waals surface area contributed by atoms with E-state index in [1.54, 1.807) is 0 Å². The Morgan fingerprint density at radius 3 is 2.43 bits per heavy atom. The van der Waals surface area contributed by atoms with Gasteiger partial charge in [-0.05, 0) is 43.0 Å². The fourth-order valence-electron chi connectivity index (χ4n) is 5.04. The van der Waals surface area contributed by atoms with Crippen molar-refractivity contribution in [3.63, 3.8) is 0 Å². The summed E-state index contributed by atoms with van der Waals surface area (Å²) in [6, 6.07) is 4.58. The van der Waals surface area contributed by atoms with Crippen LogP contribution >= 0.6 is 0 Å². The number of sulfonamides is 1. The molecule has 198 valence electrons. The number of morpholine rings is 1. The number of ether oxygens (including phenoxy) is 1. The van der Waals surface area contributed by atoms with Crippen LogP contribution in [-0.2, 0) is 20.9 Å². The Hall–Kier alpha value is -1.35. The number of rotatable bonds is 6. The maximum atomic E-state index is 15.7. The van der Waals surface area contributed by atoms with Crippen molar-refractivity contribution in [3.05, 3.63) is 35.4 Å². The highest BCUT2D eigenvalue weighted by Gasteiger charge is 2.41. The molecule has 3 N–H and O–H groups in total. The average molecular weight is 524 g/mol. The number of halogens is 4. The zero-order valence-corrected chi connectivity index (χ0v) is 20.4. The maximum Gasteiger partial charge on any atom is 0.416 e. The molecule has 0 spiro atoms. The van der Waals surface area contributed by atoms with Gasteiger partial charge >= 0.3 is 6.18 Å². The lowest BCUT2D eigenvalue weighted by Crippen LogP contribution is -2.70. The van der Waals surface area contributed by atoms with Crippen molar-refractivity contribution in [1.29, 1.82) is 0 Å². The molecular formula is C22H33F4N5O3S. The van der Waals surface area contributed by atoms with Crippen LogP contribution in [0.2, 0.25) is 0 Å². The third-order valence-corrected chi connectivity index (χ3v) is 8.38. The van der Waals surface area contributed by atoms with Crippen LogP contribution in [-0.4, -0.2) is 88.4 Å². The predicted octanol–water partition coefficient (Wildman–Crippen LogP) is 1.48. The molecule has 0 amide bonds. The van der Waals surface area contributed by atoms with E-state index in [-0.39, 0.29) is 18.6 Å². The van der Waals surface area contributed by atoms with Gasteiger partial charge in [-0.15, -0.1) is 0 Å². The summed E-state index contributed by atoms with van der Waals surface area (Å²) in [6.45, 7) is 2.98. The minimum atomic E-state index is -4.41. The van der Waals surface area contributed by atoms with Crippen LogP contribution in [0.15, 0.2) is 24.3 Å². The minimum absolute atomic E-state index is 0.249. The van der Waals surface area contributed by atoms with Crippen LogP contribution in [0.25, 0.3) is 0 Å². The Labute approximate surface area is 203 Å². The van der Waals surface area contributed by atoms with Crippen molar-refractivity contribution in [2.45, 2.75) is 43.6 Å². The third kappa shape index (κ3) is 6.51. The predicted molar refractivity (Wildman–Crippen MR) is 122 cm³/mol. The molecule has 1 aromatic carbocycles. The lowest BCUT2D eigenvalue weighted by atomic mass is 9.97. The van der Waals surface area contributed by atoms with Gasteiger partial charge in [0, 0.05) is 26.3 Å². The Morgan fingerprint density at radius 1 is 1.11 bits per heavy atom. The van der Waals surface area contributed by atoms with Crippen LogP contribution in [0.1, 0.15) is 30.0 Å². The van der Waals surface area contributed by atoms with Gasteiger partial charge < -0.3 is 4.74 Å². The van der Waals surface area contributed by atoms with Gasteiger partial charge in [0.1, 0.15) is 0 Å². The Balaban J connectivity index is 1.37. The molecule has 3 unspecified atom stereocenters. The van der Waals surface area contributed by atoms with E-state index < -0.39 is 40.3 Å². The first-order chi connectivity index (χ1) is 16.5. The summed E-state index contributed by atoms with van der Waals surface area (Å²) in [7, 11) is -3.19. The summed E-state index contributed by atoms with van der Waals surface area (Å²) >= 11 is 0. The highest BCUT2D eigenvalue weighted by atomic mass is 32.2. The minimum Gasteiger partial charge on any atom is -0.378 e. The second-order valence-corrected chi connectivity index (χ2v) is 11.4. The molecule has 0 aliphatic carbocycles. The number of piperidine rings is 1. The van der Waals surface area contributed by atoms with E-state index >= 15 is 4.39 Å². The molecule has 4 rings (SSSR count). The number of hydrogen-bond acceptors (Lipinski definition) is 7. The highest BCUT2D eigenvalue weighted by molar-refractivity contribution is 7.88. The van der Waals surface area contributed by atoms with Gasteiger partial charge in [-0.3, -0.25) is 20.9 Å². The molecule has 3 saturated heterocycles. The molecule has 4 atom stereocenters. The van der Waals surface area contributed by atoms with Crippen LogP contribution in [0.3, 0.4) is 0 Å². The SMILES string of the molecule is CS(=O)(=O)N1CCC(CNC2NCNC(N3CCOC[C@@H]3c3ccc(C(F)(F)F)cc3)C2F)CC1. The first-order valence-electron chi connectivity index (χ1n) is 11.8. The normalized spacial score (nSPS) is 30.4. The monoisotopic (exact) mass is 523 g/mol. The van der Waals surface area contributed by atoms with Crippen molar-refractivity contribution in [1.82, 2.24) is 25.2 Å². The van der Waals surface area contributed by atoms with E-state index in [4.69, 9.17) is 4.74 Å². The standard InChI is InChI=1S/C22H33F4N5O3S/c1-35(32,33)30-8-6-15(7-9-30)12-27-20-19(23)21(29-14-28-20)31-10-11-34-13-18(31)16-2-4-17(5-3-16)22(24,25)26/h2-5,15,18-21,27-29H,6-14H2,1H3/t18-,19?,20?,21?/m1/s1.